The minimum Gasteiger partial charge on any atom is -0.494 e. The SMILES string of the molecule is COc1ccc(C)c2c(=O)[nH]c(Cl)nc12. The fraction of sp³-hybridized carbons (Fsp3) is 0.200. The standard InChI is InChI=1S/C10H9ClN2O2/c1-5-3-4-6(15-2)8-7(5)9(14)13-10(11)12-8/h3-4H,1-2H3,(H,12,13,14). The summed E-state index contributed by atoms with van der Waals surface area (Å²) in [5, 5.41) is 0.579. The van der Waals surface area contributed by atoms with E-state index in [1.54, 1.807) is 6.07 Å². The monoisotopic (exact) mass is 224 g/mol. The smallest absolute Gasteiger partial charge is 0.260 e. The molecular formula is C10H9ClN2O2. The molecule has 0 fully saturated rings. The predicted molar refractivity (Wildman–Crippen MR) is 58.7 cm³/mol. The third-order valence-electron chi connectivity index (χ3n) is 2.22. The average Bonchev–Trinajstić information content (AvgIpc) is 2.17. The molecule has 0 bridgehead atoms. The number of ether oxygens (including phenoxy) is 1. The molecule has 78 valence electrons. The topological polar surface area (TPSA) is 55.0 Å². The molecule has 0 radical (unpaired) electrons. The number of aromatic nitrogens is 2. The molecule has 5 heteroatoms. The number of H-pyrrole nitrogens is 1. The summed E-state index contributed by atoms with van der Waals surface area (Å²) in [6.45, 7) is 1.84. The van der Waals surface area contributed by atoms with Gasteiger partial charge in [0.25, 0.3) is 5.56 Å². The quantitative estimate of drug-likeness (QED) is 0.753. The number of aromatic amines is 1. The van der Waals surface area contributed by atoms with Gasteiger partial charge < -0.3 is 4.74 Å². The molecule has 1 aromatic carbocycles. The molecule has 1 N–H and O–H groups in total. The Balaban J connectivity index is 3.00. The van der Waals surface area contributed by atoms with E-state index < -0.39 is 0 Å². The van der Waals surface area contributed by atoms with Gasteiger partial charge in [-0.2, -0.15) is 0 Å². The molecular weight excluding hydrogens is 216 g/mol. The number of aryl methyl sites for hydroxylation is 1. The maximum absolute atomic E-state index is 11.7. The van der Waals surface area contributed by atoms with Crippen molar-refractivity contribution in [2.24, 2.45) is 0 Å². The van der Waals surface area contributed by atoms with Gasteiger partial charge in [0.1, 0.15) is 11.3 Å². The van der Waals surface area contributed by atoms with Crippen LogP contribution in [0.2, 0.25) is 5.28 Å². The van der Waals surface area contributed by atoms with Gasteiger partial charge in [0, 0.05) is 0 Å². The van der Waals surface area contributed by atoms with Gasteiger partial charge in [0.15, 0.2) is 0 Å². The lowest BCUT2D eigenvalue weighted by Crippen LogP contribution is -2.09. The predicted octanol–water partition coefficient (Wildman–Crippen LogP) is 1.89. The van der Waals surface area contributed by atoms with E-state index >= 15 is 0 Å². The van der Waals surface area contributed by atoms with Gasteiger partial charge in [-0.25, -0.2) is 4.98 Å². The Morgan fingerprint density at radius 2 is 2.20 bits per heavy atom. The summed E-state index contributed by atoms with van der Waals surface area (Å²) >= 11 is 5.68. The summed E-state index contributed by atoms with van der Waals surface area (Å²) in [6, 6.07) is 3.58. The molecule has 0 unspecified atom stereocenters. The van der Waals surface area contributed by atoms with Crippen molar-refractivity contribution >= 4 is 22.5 Å². The minimum absolute atomic E-state index is 0.0661. The number of nitrogens with zero attached hydrogens (tertiary/aromatic N) is 1. The van der Waals surface area contributed by atoms with E-state index in [9.17, 15) is 4.79 Å². The first-order valence-electron chi connectivity index (χ1n) is 4.36. The van der Waals surface area contributed by atoms with E-state index in [0.29, 0.717) is 16.7 Å². The zero-order valence-corrected chi connectivity index (χ0v) is 9.05. The highest BCUT2D eigenvalue weighted by Crippen LogP contribution is 2.24. The molecule has 15 heavy (non-hydrogen) atoms. The molecule has 0 atom stereocenters. The summed E-state index contributed by atoms with van der Waals surface area (Å²) in [4.78, 5) is 18.2. The van der Waals surface area contributed by atoms with Crippen LogP contribution in [0.1, 0.15) is 5.56 Å². The zero-order chi connectivity index (χ0) is 11.0. The second kappa shape index (κ2) is 3.55. The Morgan fingerprint density at radius 1 is 1.47 bits per heavy atom. The Bertz CT molecular complexity index is 577. The second-order valence-corrected chi connectivity index (χ2v) is 3.52. The summed E-state index contributed by atoms with van der Waals surface area (Å²) < 4.78 is 5.12. The number of halogens is 1. The van der Waals surface area contributed by atoms with Crippen molar-refractivity contribution in [3.63, 3.8) is 0 Å². The maximum Gasteiger partial charge on any atom is 0.260 e. The van der Waals surface area contributed by atoms with Gasteiger partial charge in [-0.3, -0.25) is 9.78 Å². The van der Waals surface area contributed by atoms with Crippen molar-refractivity contribution in [1.29, 1.82) is 0 Å². The Labute approximate surface area is 90.9 Å². The molecule has 4 nitrogen and oxygen atoms in total. The number of hydrogen-bond acceptors (Lipinski definition) is 3. The van der Waals surface area contributed by atoms with Crippen LogP contribution < -0.4 is 10.3 Å². The van der Waals surface area contributed by atoms with Crippen LogP contribution in [0.4, 0.5) is 0 Å². The third-order valence-corrected chi connectivity index (χ3v) is 2.40. The van der Waals surface area contributed by atoms with Crippen LogP contribution in [0.25, 0.3) is 10.9 Å². The first-order chi connectivity index (χ1) is 7.13. The first kappa shape index (κ1) is 9.98. The van der Waals surface area contributed by atoms with Crippen molar-refractivity contribution < 1.29 is 4.74 Å². The van der Waals surface area contributed by atoms with E-state index in [0.717, 1.165) is 5.56 Å². The summed E-state index contributed by atoms with van der Waals surface area (Å²) in [6.07, 6.45) is 0. The highest BCUT2D eigenvalue weighted by atomic mass is 35.5. The van der Waals surface area contributed by atoms with Gasteiger partial charge in [-0.1, -0.05) is 6.07 Å². The van der Waals surface area contributed by atoms with Gasteiger partial charge in [-0.15, -0.1) is 0 Å². The Kier molecular flexibility index (Phi) is 2.36. The molecule has 2 rings (SSSR count). The molecule has 0 amide bonds. The van der Waals surface area contributed by atoms with Crippen molar-refractivity contribution in [3.05, 3.63) is 33.3 Å². The lowest BCUT2D eigenvalue weighted by Gasteiger charge is -2.06. The van der Waals surface area contributed by atoms with Crippen LogP contribution in [0.5, 0.6) is 5.75 Å². The summed E-state index contributed by atoms with van der Waals surface area (Å²) in [5.41, 5.74) is 1.09. The van der Waals surface area contributed by atoms with E-state index in [1.807, 2.05) is 13.0 Å². The highest BCUT2D eigenvalue weighted by Gasteiger charge is 2.09. The van der Waals surface area contributed by atoms with Crippen LogP contribution in [0.3, 0.4) is 0 Å². The molecule has 0 aliphatic rings. The number of nitrogens with one attached hydrogen (secondary N) is 1. The van der Waals surface area contributed by atoms with Gasteiger partial charge >= 0.3 is 0 Å². The number of methoxy groups -OCH3 is 1. The van der Waals surface area contributed by atoms with Crippen LogP contribution in [0.15, 0.2) is 16.9 Å². The molecule has 1 heterocycles. The fourth-order valence-corrected chi connectivity index (χ4v) is 1.69. The minimum atomic E-state index is -0.249. The lowest BCUT2D eigenvalue weighted by molar-refractivity contribution is 0.418. The summed E-state index contributed by atoms with van der Waals surface area (Å²) in [5.74, 6) is 0.545. The summed E-state index contributed by atoms with van der Waals surface area (Å²) in [7, 11) is 1.53. The number of fused-ring (bicyclic) bond motifs is 1. The molecule has 0 saturated carbocycles. The van der Waals surface area contributed by atoms with Crippen LogP contribution in [-0.4, -0.2) is 17.1 Å². The van der Waals surface area contributed by atoms with E-state index in [4.69, 9.17) is 16.3 Å². The van der Waals surface area contributed by atoms with E-state index in [-0.39, 0.29) is 10.8 Å². The Morgan fingerprint density at radius 3 is 2.87 bits per heavy atom. The lowest BCUT2D eigenvalue weighted by atomic mass is 10.1. The number of rotatable bonds is 1. The Hall–Kier alpha value is -1.55. The molecule has 1 aromatic heterocycles. The van der Waals surface area contributed by atoms with Crippen molar-refractivity contribution in [2.75, 3.05) is 7.11 Å². The van der Waals surface area contributed by atoms with Crippen molar-refractivity contribution in [1.82, 2.24) is 9.97 Å². The molecule has 2 aromatic rings. The van der Waals surface area contributed by atoms with Gasteiger partial charge in [0.05, 0.1) is 12.5 Å². The largest absolute Gasteiger partial charge is 0.494 e. The zero-order valence-electron chi connectivity index (χ0n) is 8.30. The van der Waals surface area contributed by atoms with Gasteiger partial charge in [-0.05, 0) is 30.2 Å². The normalized spacial score (nSPS) is 10.6. The fourth-order valence-electron chi connectivity index (χ4n) is 1.52. The maximum atomic E-state index is 11.7. The van der Waals surface area contributed by atoms with Crippen molar-refractivity contribution in [2.45, 2.75) is 6.92 Å². The molecule has 0 saturated heterocycles. The number of benzene rings is 1. The molecule has 0 spiro atoms. The van der Waals surface area contributed by atoms with Crippen LogP contribution in [0, 0.1) is 6.92 Å². The van der Waals surface area contributed by atoms with Crippen LogP contribution in [-0.2, 0) is 0 Å². The van der Waals surface area contributed by atoms with E-state index in [2.05, 4.69) is 9.97 Å². The second-order valence-electron chi connectivity index (χ2n) is 3.17. The molecule has 0 aliphatic heterocycles. The number of hydrogen-bond donors (Lipinski definition) is 1. The van der Waals surface area contributed by atoms with E-state index in [1.165, 1.54) is 7.11 Å². The van der Waals surface area contributed by atoms with Crippen LogP contribution >= 0.6 is 11.6 Å². The van der Waals surface area contributed by atoms with Crippen molar-refractivity contribution in [3.8, 4) is 5.75 Å². The highest BCUT2D eigenvalue weighted by molar-refractivity contribution is 6.28. The van der Waals surface area contributed by atoms with Gasteiger partial charge in [0.2, 0.25) is 5.28 Å². The average molecular weight is 225 g/mol. The third kappa shape index (κ3) is 1.57. The first-order valence-corrected chi connectivity index (χ1v) is 4.74. The molecule has 0 aliphatic carbocycles.